The quantitative estimate of drug-likeness (QED) is 0.605. The molecule has 0 saturated carbocycles. The Hall–Kier alpha value is -3.38. The molecule has 0 radical (unpaired) electrons. The Kier molecular flexibility index (Phi) is 6.48. The molecule has 0 spiro atoms. The number of aromatic nitrogens is 1. The molecule has 1 aromatic heterocycles. The zero-order chi connectivity index (χ0) is 21.6. The van der Waals surface area contributed by atoms with Crippen LogP contribution in [0.1, 0.15) is 50.7 Å². The standard InChI is InChI=1S/C25H23FN2O3/c26-20-9-7-18(8-10-20)24(29)21-5-1-2-6-22(21)25(30)28-23(17-11-14-31-15-12-17)19-4-3-13-27-16-19/h1-10,13,16-17,23H,11-12,14-15H2,(H,28,30). The van der Waals surface area contributed by atoms with E-state index >= 15 is 0 Å². The molecule has 1 atom stereocenters. The molecule has 4 rings (SSSR count). The topological polar surface area (TPSA) is 68.3 Å². The number of carbonyl (C=O) groups excluding carboxylic acids is 2. The van der Waals surface area contributed by atoms with Crippen LogP contribution < -0.4 is 5.32 Å². The third kappa shape index (κ3) is 4.86. The summed E-state index contributed by atoms with van der Waals surface area (Å²) in [5.41, 5.74) is 1.82. The lowest BCUT2D eigenvalue weighted by Crippen LogP contribution is -2.36. The molecule has 2 aromatic carbocycles. The maximum Gasteiger partial charge on any atom is 0.252 e. The minimum atomic E-state index is -0.418. The summed E-state index contributed by atoms with van der Waals surface area (Å²) in [5.74, 6) is -0.860. The van der Waals surface area contributed by atoms with Crippen LogP contribution >= 0.6 is 0 Å². The predicted octanol–water partition coefficient (Wildman–Crippen LogP) is 4.35. The van der Waals surface area contributed by atoms with Gasteiger partial charge >= 0.3 is 0 Å². The average Bonchev–Trinajstić information content (AvgIpc) is 2.83. The van der Waals surface area contributed by atoms with Crippen molar-refractivity contribution in [3.05, 3.63) is 101 Å². The van der Waals surface area contributed by atoms with Crippen LogP contribution in [0.2, 0.25) is 0 Å². The fourth-order valence-corrected chi connectivity index (χ4v) is 3.94. The first-order valence-corrected chi connectivity index (χ1v) is 10.3. The molecule has 1 aliphatic heterocycles. The highest BCUT2D eigenvalue weighted by Crippen LogP contribution is 2.30. The summed E-state index contributed by atoms with van der Waals surface area (Å²) in [7, 11) is 0. The first-order chi connectivity index (χ1) is 15.1. The number of benzene rings is 2. The maximum absolute atomic E-state index is 13.3. The highest BCUT2D eigenvalue weighted by molar-refractivity contribution is 6.15. The first kappa shape index (κ1) is 20.9. The van der Waals surface area contributed by atoms with Crippen LogP contribution in [-0.4, -0.2) is 29.9 Å². The van der Waals surface area contributed by atoms with E-state index in [2.05, 4.69) is 10.3 Å². The van der Waals surface area contributed by atoms with E-state index in [4.69, 9.17) is 4.74 Å². The summed E-state index contributed by atoms with van der Waals surface area (Å²) < 4.78 is 18.7. The van der Waals surface area contributed by atoms with E-state index in [0.717, 1.165) is 18.4 Å². The third-order valence-electron chi connectivity index (χ3n) is 5.59. The zero-order valence-electron chi connectivity index (χ0n) is 17.0. The molecule has 1 saturated heterocycles. The van der Waals surface area contributed by atoms with Crippen LogP contribution in [0.3, 0.4) is 0 Å². The van der Waals surface area contributed by atoms with Crippen molar-refractivity contribution in [2.75, 3.05) is 13.2 Å². The molecule has 31 heavy (non-hydrogen) atoms. The third-order valence-corrected chi connectivity index (χ3v) is 5.59. The van der Waals surface area contributed by atoms with Gasteiger partial charge in [-0.1, -0.05) is 24.3 Å². The van der Waals surface area contributed by atoms with Gasteiger partial charge in [-0.25, -0.2) is 4.39 Å². The van der Waals surface area contributed by atoms with E-state index < -0.39 is 5.82 Å². The smallest absolute Gasteiger partial charge is 0.252 e. The molecule has 2 heterocycles. The number of halogens is 1. The number of ketones is 1. The molecular formula is C25H23FN2O3. The Morgan fingerprint density at radius 1 is 0.968 bits per heavy atom. The van der Waals surface area contributed by atoms with Gasteiger partial charge in [0.25, 0.3) is 5.91 Å². The number of hydrogen-bond acceptors (Lipinski definition) is 4. The van der Waals surface area contributed by atoms with Crippen molar-refractivity contribution in [3.8, 4) is 0 Å². The lowest BCUT2D eigenvalue weighted by atomic mass is 9.87. The highest BCUT2D eigenvalue weighted by Gasteiger charge is 2.28. The Labute approximate surface area is 180 Å². The van der Waals surface area contributed by atoms with Crippen LogP contribution in [0.5, 0.6) is 0 Å². The second-order valence-corrected chi connectivity index (χ2v) is 7.57. The number of carbonyl (C=O) groups is 2. The number of nitrogens with zero attached hydrogens (tertiary/aromatic N) is 1. The monoisotopic (exact) mass is 418 g/mol. The second kappa shape index (κ2) is 9.62. The van der Waals surface area contributed by atoms with E-state index in [9.17, 15) is 14.0 Å². The van der Waals surface area contributed by atoms with Crippen molar-refractivity contribution in [2.45, 2.75) is 18.9 Å². The van der Waals surface area contributed by atoms with Crippen molar-refractivity contribution in [3.63, 3.8) is 0 Å². The van der Waals surface area contributed by atoms with Crippen molar-refractivity contribution < 1.29 is 18.7 Å². The maximum atomic E-state index is 13.3. The molecule has 0 bridgehead atoms. The Balaban J connectivity index is 1.62. The van der Waals surface area contributed by atoms with Crippen molar-refractivity contribution >= 4 is 11.7 Å². The summed E-state index contributed by atoms with van der Waals surface area (Å²) in [5, 5.41) is 3.13. The molecule has 1 unspecified atom stereocenters. The van der Waals surface area contributed by atoms with Crippen molar-refractivity contribution in [2.24, 2.45) is 5.92 Å². The average molecular weight is 418 g/mol. The van der Waals surface area contributed by atoms with Crippen molar-refractivity contribution in [1.29, 1.82) is 0 Å². The molecule has 5 nitrogen and oxygen atoms in total. The van der Waals surface area contributed by atoms with E-state index in [1.54, 1.807) is 36.7 Å². The Morgan fingerprint density at radius 2 is 1.68 bits per heavy atom. The van der Waals surface area contributed by atoms with E-state index in [-0.39, 0.29) is 34.8 Å². The van der Waals surface area contributed by atoms with Gasteiger partial charge in [0.2, 0.25) is 0 Å². The summed E-state index contributed by atoms with van der Waals surface area (Å²) in [6.07, 6.45) is 5.12. The fourth-order valence-electron chi connectivity index (χ4n) is 3.94. The normalized spacial score (nSPS) is 15.3. The van der Waals surface area contributed by atoms with Gasteiger partial charge in [0.15, 0.2) is 5.78 Å². The van der Waals surface area contributed by atoms with Gasteiger partial charge in [-0.2, -0.15) is 0 Å². The lowest BCUT2D eigenvalue weighted by Gasteiger charge is -2.31. The lowest BCUT2D eigenvalue weighted by molar-refractivity contribution is 0.0513. The number of nitrogens with one attached hydrogen (secondary N) is 1. The van der Waals surface area contributed by atoms with E-state index in [0.29, 0.717) is 18.8 Å². The predicted molar refractivity (Wildman–Crippen MR) is 114 cm³/mol. The summed E-state index contributed by atoms with van der Waals surface area (Å²) in [4.78, 5) is 30.5. The molecular weight excluding hydrogens is 395 g/mol. The molecule has 1 aliphatic rings. The van der Waals surface area contributed by atoms with Crippen LogP contribution in [0, 0.1) is 11.7 Å². The fraction of sp³-hybridized carbons (Fsp3) is 0.240. The first-order valence-electron chi connectivity index (χ1n) is 10.3. The summed E-state index contributed by atoms with van der Waals surface area (Å²) in [6, 6.07) is 15.6. The van der Waals surface area contributed by atoms with Crippen LogP contribution in [-0.2, 0) is 4.74 Å². The molecule has 1 N–H and O–H groups in total. The van der Waals surface area contributed by atoms with Gasteiger partial charge in [0, 0.05) is 36.7 Å². The second-order valence-electron chi connectivity index (χ2n) is 7.57. The van der Waals surface area contributed by atoms with Gasteiger partial charge in [-0.05, 0) is 60.7 Å². The number of ether oxygens (including phenoxy) is 1. The highest BCUT2D eigenvalue weighted by atomic mass is 19.1. The van der Waals surface area contributed by atoms with Gasteiger partial charge in [-0.3, -0.25) is 14.6 Å². The number of pyridine rings is 1. The summed E-state index contributed by atoms with van der Waals surface area (Å²) in [6.45, 7) is 1.30. The SMILES string of the molecule is O=C(NC(c1cccnc1)C1CCOCC1)c1ccccc1C(=O)c1ccc(F)cc1. The molecule has 6 heteroatoms. The number of amides is 1. The van der Waals surface area contributed by atoms with Crippen LogP contribution in [0.25, 0.3) is 0 Å². The number of rotatable bonds is 6. The minimum Gasteiger partial charge on any atom is -0.381 e. The minimum absolute atomic E-state index is 0.210. The zero-order valence-corrected chi connectivity index (χ0v) is 17.0. The van der Waals surface area contributed by atoms with Gasteiger partial charge < -0.3 is 10.1 Å². The number of hydrogen-bond donors (Lipinski definition) is 1. The van der Waals surface area contributed by atoms with E-state index in [1.165, 1.54) is 24.3 Å². The molecule has 1 fully saturated rings. The van der Waals surface area contributed by atoms with Crippen molar-refractivity contribution in [1.82, 2.24) is 10.3 Å². The Morgan fingerprint density at radius 3 is 2.35 bits per heavy atom. The van der Waals surface area contributed by atoms with Gasteiger partial charge in [0.1, 0.15) is 5.82 Å². The largest absolute Gasteiger partial charge is 0.381 e. The van der Waals surface area contributed by atoms with Gasteiger partial charge in [0.05, 0.1) is 11.6 Å². The molecule has 3 aromatic rings. The van der Waals surface area contributed by atoms with E-state index in [1.807, 2.05) is 12.1 Å². The van der Waals surface area contributed by atoms with Crippen LogP contribution in [0.4, 0.5) is 4.39 Å². The van der Waals surface area contributed by atoms with Crippen LogP contribution in [0.15, 0.2) is 73.1 Å². The molecule has 158 valence electrons. The molecule has 1 amide bonds. The summed E-state index contributed by atoms with van der Waals surface area (Å²) >= 11 is 0. The van der Waals surface area contributed by atoms with Gasteiger partial charge in [-0.15, -0.1) is 0 Å². The molecule has 0 aliphatic carbocycles. The Bertz CT molecular complexity index is 1050.